The Bertz CT molecular complexity index is 246. The summed E-state index contributed by atoms with van der Waals surface area (Å²) in [6, 6.07) is 0. The summed E-state index contributed by atoms with van der Waals surface area (Å²) in [4.78, 5) is 2.67. The van der Waals surface area contributed by atoms with E-state index < -0.39 is 0 Å². The summed E-state index contributed by atoms with van der Waals surface area (Å²) in [6.07, 6.45) is 5.16. The Hall–Kier alpha value is -0.300. The van der Waals surface area contributed by atoms with E-state index in [-0.39, 0.29) is 0 Å². The normalized spacial score (nSPS) is 34.9. The molecule has 1 saturated heterocycles. The highest BCUT2D eigenvalue weighted by molar-refractivity contribution is 5.30. The molecule has 0 aromatic heterocycles. The maximum absolute atomic E-state index is 2.67. The molecule has 0 N–H and O–H groups in total. The maximum Gasteiger partial charge on any atom is 0.0470 e. The second-order valence-corrected chi connectivity index (χ2v) is 5.55. The second-order valence-electron chi connectivity index (χ2n) is 5.55. The van der Waals surface area contributed by atoms with E-state index in [1.807, 2.05) is 0 Å². The van der Waals surface area contributed by atoms with Crippen molar-refractivity contribution in [1.29, 1.82) is 0 Å². The van der Waals surface area contributed by atoms with E-state index in [1.54, 1.807) is 5.57 Å². The van der Waals surface area contributed by atoms with Gasteiger partial charge < -0.3 is 0 Å². The van der Waals surface area contributed by atoms with E-state index in [9.17, 15) is 0 Å². The molecule has 1 heteroatoms. The summed E-state index contributed by atoms with van der Waals surface area (Å²) in [5.74, 6) is 0. The van der Waals surface area contributed by atoms with Crippen LogP contribution in [0.4, 0.5) is 0 Å². The van der Waals surface area contributed by atoms with Crippen LogP contribution in [0.1, 0.15) is 40.5 Å². The molecular formula is C12H21N. The number of fused-ring (bicyclic) bond motifs is 1. The maximum atomic E-state index is 2.67. The Morgan fingerprint density at radius 1 is 1.38 bits per heavy atom. The molecule has 0 aliphatic carbocycles. The minimum atomic E-state index is 0.389. The van der Waals surface area contributed by atoms with Gasteiger partial charge in [-0.2, -0.15) is 0 Å². The molecule has 2 rings (SSSR count). The van der Waals surface area contributed by atoms with Crippen LogP contribution in [0.3, 0.4) is 0 Å². The van der Waals surface area contributed by atoms with E-state index in [0.717, 1.165) is 0 Å². The van der Waals surface area contributed by atoms with Crippen LogP contribution in [0.2, 0.25) is 0 Å². The van der Waals surface area contributed by atoms with Crippen LogP contribution in [-0.4, -0.2) is 23.5 Å². The van der Waals surface area contributed by atoms with Crippen molar-refractivity contribution in [3.05, 3.63) is 11.6 Å². The Balaban J connectivity index is 2.42. The number of hydrogen-bond acceptors (Lipinski definition) is 1. The number of nitrogens with zero attached hydrogens (tertiary/aromatic N) is 1. The van der Waals surface area contributed by atoms with Gasteiger partial charge in [-0.25, -0.2) is 0 Å². The first-order valence-corrected chi connectivity index (χ1v) is 5.41. The van der Waals surface area contributed by atoms with Gasteiger partial charge in [0.2, 0.25) is 0 Å². The highest BCUT2D eigenvalue weighted by Crippen LogP contribution is 2.50. The first-order valence-electron chi connectivity index (χ1n) is 5.41. The number of rotatable bonds is 0. The quantitative estimate of drug-likeness (QED) is 0.517. The van der Waals surface area contributed by atoms with Gasteiger partial charge in [0.15, 0.2) is 0 Å². The van der Waals surface area contributed by atoms with Gasteiger partial charge in [-0.05, 0) is 31.7 Å². The van der Waals surface area contributed by atoms with Crippen LogP contribution in [0.25, 0.3) is 0 Å². The van der Waals surface area contributed by atoms with Crippen molar-refractivity contribution in [2.75, 3.05) is 13.1 Å². The summed E-state index contributed by atoms with van der Waals surface area (Å²) in [7, 11) is 0. The fraction of sp³-hybridized carbons (Fsp3) is 0.833. The van der Waals surface area contributed by atoms with Gasteiger partial charge in [-0.3, -0.25) is 4.90 Å². The average Bonchev–Trinajstić information content (AvgIpc) is 2.50. The Kier molecular flexibility index (Phi) is 1.85. The molecule has 0 aromatic rings. The van der Waals surface area contributed by atoms with Gasteiger partial charge in [0.25, 0.3) is 0 Å². The minimum absolute atomic E-state index is 0.389. The van der Waals surface area contributed by atoms with Crippen molar-refractivity contribution in [3.8, 4) is 0 Å². The zero-order valence-corrected chi connectivity index (χ0v) is 9.35. The lowest BCUT2D eigenvalue weighted by atomic mass is 9.69. The SMILES string of the molecule is CC1=CCN2CCCC12C(C)(C)C. The Morgan fingerprint density at radius 3 is 2.62 bits per heavy atom. The van der Waals surface area contributed by atoms with Crippen LogP contribution in [0, 0.1) is 5.41 Å². The fourth-order valence-corrected chi connectivity index (χ4v) is 3.43. The third kappa shape index (κ3) is 1.03. The molecule has 1 unspecified atom stereocenters. The van der Waals surface area contributed by atoms with Crippen LogP contribution < -0.4 is 0 Å². The molecule has 0 bridgehead atoms. The van der Waals surface area contributed by atoms with Crippen molar-refractivity contribution >= 4 is 0 Å². The van der Waals surface area contributed by atoms with Crippen LogP contribution >= 0.6 is 0 Å². The van der Waals surface area contributed by atoms with Crippen molar-refractivity contribution in [2.24, 2.45) is 5.41 Å². The fourth-order valence-electron chi connectivity index (χ4n) is 3.43. The Morgan fingerprint density at radius 2 is 2.08 bits per heavy atom. The predicted octanol–water partition coefficient (Wildman–Crippen LogP) is 2.83. The summed E-state index contributed by atoms with van der Waals surface area (Å²) in [5.41, 5.74) is 2.39. The van der Waals surface area contributed by atoms with Crippen molar-refractivity contribution < 1.29 is 0 Å². The molecule has 13 heavy (non-hydrogen) atoms. The summed E-state index contributed by atoms with van der Waals surface area (Å²) in [6.45, 7) is 11.9. The summed E-state index contributed by atoms with van der Waals surface area (Å²) >= 11 is 0. The lowest BCUT2D eigenvalue weighted by Crippen LogP contribution is -2.51. The largest absolute Gasteiger partial charge is 0.290 e. The molecule has 0 saturated carbocycles. The zero-order chi connectivity index (χ0) is 9.69. The van der Waals surface area contributed by atoms with Gasteiger partial charge in [0.1, 0.15) is 0 Å². The van der Waals surface area contributed by atoms with Crippen molar-refractivity contribution in [1.82, 2.24) is 4.90 Å². The molecule has 0 spiro atoms. The van der Waals surface area contributed by atoms with E-state index >= 15 is 0 Å². The second kappa shape index (κ2) is 2.60. The highest BCUT2D eigenvalue weighted by atomic mass is 15.2. The van der Waals surface area contributed by atoms with Gasteiger partial charge >= 0.3 is 0 Å². The van der Waals surface area contributed by atoms with Crippen molar-refractivity contribution in [3.63, 3.8) is 0 Å². The highest BCUT2D eigenvalue weighted by Gasteiger charge is 2.52. The standard InChI is InChI=1S/C12H21N/c1-10-6-9-13-8-5-7-12(10,13)11(2,3)4/h6H,5,7-9H2,1-4H3. The molecular weight excluding hydrogens is 158 g/mol. The minimum Gasteiger partial charge on any atom is -0.290 e. The molecule has 2 aliphatic heterocycles. The molecule has 0 radical (unpaired) electrons. The average molecular weight is 179 g/mol. The zero-order valence-electron chi connectivity index (χ0n) is 9.35. The van der Waals surface area contributed by atoms with Gasteiger partial charge in [-0.15, -0.1) is 0 Å². The third-order valence-corrected chi connectivity index (χ3v) is 4.02. The van der Waals surface area contributed by atoms with Crippen LogP contribution in [0.15, 0.2) is 11.6 Å². The van der Waals surface area contributed by atoms with E-state index in [4.69, 9.17) is 0 Å². The Labute approximate surface area is 81.8 Å². The molecule has 0 amide bonds. The summed E-state index contributed by atoms with van der Waals surface area (Å²) < 4.78 is 0. The van der Waals surface area contributed by atoms with Gasteiger partial charge in [0.05, 0.1) is 0 Å². The molecule has 1 atom stereocenters. The summed E-state index contributed by atoms with van der Waals surface area (Å²) in [5, 5.41) is 0. The molecule has 1 nitrogen and oxygen atoms in total. The third-order valence-electron chi connectivity index (χ3n) is 4.02. The molecule has 2 aliphatic rings. The molecule has 2 heterocycles. The van der Waals surface area contributed by atoms with E-state index in [1.165, 1.54) is 25.9 Å². The van der Waals surface area contributed by atoms with Crippen LogP contribution in [-0.2, 0) is 0 Å². The molecule has 74 valence electrons. The van der Waals surface area contributed by atoms with Gasteiger partial charge in [-0.1, -0.05) is 32.4 Å². The first kappa shape index (κ1) is 9.26. The topological polar surface area (TPSA) is 3.24 Å². The predicted molar refractivity (Wildman–Crippen MR) is 56.8 cm³/mol. The van der Waals surface area contributed by atoms with Crippen LogP contribution in [0.5, 0.6) is 0 Å². The molecule has 0 aromatic carbocycles. The first-order chi connectivity index (χ1) is 5.98. The van der Waals surface area contributed by atoms with E-state index in [0.29, 0.717) is 11.0 Å². The lowest BCUT2D eigenvalue weighted by molar-refractivity contribution is 0.0849. The molecule has 1 fully saturated rings. The van der Waals surface area contributed by atoms with Gasteiger partial charge in [0, 0.05) is 12.1 Å². The lowest BCUT2D eigenvalue weighted by Gasteiger charge is -2.46. The number of hydrogen-bond donors (Lipinski definition) is 0. The smallest absolute Gasteiger partial charge is 0.0470 e. The van der Waals surface area contributed by atoms with Crippen molar-refractivity contribution in [2.45, 2.75) is 46.1 Å². The van der Waals surface area contributed by atoms with E-state index in [2.05, 4.69) is 38.7 Å². The monoisotopic (exact) mass is 179 g/mol.